The van der Waals surface area contributed by atoms with E-state index in [0.29, 0.717) is 5.92 Å². The number of hydrogen-bond donors (Lipinski definition) is 1. The highest BCUT2D eigenvalue weighted by molar-refractivity contribution is 9.10. The fourth-order valence-corrected chi connectivity index (χ4v) is 1.64. The van der Waals surface area contributed by atoms with E-state index in [2.05, 4.69) is 15.9 Å². The molecule has 0 bridgehead atoms. The lowest BCUT2D eigenvalue weighted by atomic mass is 9.97. The number of benzene rings is 1. The van der Waals surface area contributed by atoms with E-state index in [-0.39, 0.29) is 11.9 Å². The Bertz CT molecular complexity index is 279. The third kappa shape index (κ3) is 2.78. The SMILES string of the molecule is CC(C)[C@H](N)c1cc(F)cc(Br)c1. The van der Waals surface area contributed by atoms with Crippen LogP contribution in [0.2, 0.25) is 0 Å². The molecule has 1 aromatic carbocycles. The molecule has 2 N–H and O–H groups in total. The van der Waals surface area contributed by atoms with Gasteiger partial charge in [0.15, 0.2) is 0 Å². The zero-order valence-electron chi connectivity index (χ0n) is 7.72. The van der Waals surface area contributed by atoms with Gasteiger partial charge in [0.1, 0.15) is 5.82 Å². The number of nitrogens with two attached hydrogens (primary N) is 1. The van der Waals surface area contributed by atoms with Crippen LogP contribution in [-0.4, -0.2) is 0 Å². The zero-order chi connectivity index (χ0) is 10.0. The van der Waals surface area contributed by atoms with Gasteiger partial charge in [-0.1, -0.05) is 29.8 Å². The van der Waals surface area contributed by atoms with Crippen molar-refractivity contribution < 1.29 is 4.39 Å². The molecular weight excluding hydrogens is 233 g/mol. The second kappa shape index (κ2) is 4.20. The Kier molecular flexibility index (Phi) is 3.45. The third-order valence-corrected chi connectivity index (χ3v) is 2.45. The van der Waals surface area contributed by atoms with Crippen molar-refractivity contribution in [3.63, 3.8) is 0 Å². The molecule has 0 heterocycles. The van der Waals surface area contributed by atoms with E-state index < -0.39 is 0 Å². The fraction of sp³-hybridized carbons (Fsp3) is 0.400. The van der Waals surface area contributed by atoms with Crippen molar-refractivity contribution in [1.82, 2.24) is 0 Å². The molecule has 0 saturated heterocycles. The van der Waals surface area contributed by atoms with Gasteiger partial charge in [0.2, 0.25) is 0 Å². The third-order valence-electron chi connectivity index (χ3n) is 1.99. The van der Waals surface area contributed by atoms with Crippen molar-refractivity contribution in [1.29, 1.82) is 0 Å². The molecule has 13 heavy (non-hydrogen) atoms. The highest BCUT2D eigenvalue weighted by Crippen LogP contribution is 2.23. The number of hydrogen-bond acceptors (Lipinski definition) is 1. The summed E-state index contributed by atoms with van der Waals surface area (Å²) in [6.45, 7) is 4.03. The Morgan fingerprint density at radius 2 is 1.92 bits per heavy atom. The first-order chi connectivity index (χ1) is 6.00. The van der Waals surface area contributed by atoms with Crippen LogP contribution in [0.15, 0.2) is 22.7 Å². The van der Waals surface area contributed by atoms with E-state index in [0.717, 1.165) is 10.0 Å². The largest absolute Gasteiger partial charge is 0.324 e. The van der Waals surface area contributed by atoms with Gasteiger partial charge in [-0.3, -0.25) is 0 Å². The molecule has 0 saturated carbocycles. The summed E-state index contributed by atoms with van der Waals surface area (Å²) in [5.41, 5.74) is 6.72. The highest BCUT2D eigenvalue weighted by Gasteiger charge is 2.11. The molecule has 0 spiro atoms. The van der Waals surface area contributed by atoms with Gasteiger partial charge in [-0.25, -0.2) is 4.39 Å². The molecule has 0 aliphatic rings. The summed E-state index contributed by atoms with van der Waals surface area (Å²) in [4.78, 5) is 0. The predicted molar refractivity (Wildman–Crippen MR) is 55.9 cm³/mol. The van der Waals surface area contributed by atoms with Crippen LogP contribution in [0.3, 0.4) is 0 Å². The summed E-state index contributed by atoms with van der Waals surface area (Å²) in [6, 6.07) is 4.66. The normalized spacial score (nSPS) is 13.4. The van der Waals surface area contributed by atoms with Gasteiger partial charge < -0.3 is 5.73 Å². The monoisotopic (exact) mass is 245 g/mol. The maximum absolute atomic E-state index is 13.0. The standard InChI is InChI=1S/C10H13BrFN/c1-6(2)10(13)7-3-8(11)5-9(12)4-7/h3-6,10H,13H2,1-2H3/t10-/m0/s1. The molecular formula is C10H13BrFN. The molecule has 1 aromatic rings. The fourth-order valence-electron chi connectivity index (χ4n) is 1.15. The lowest BCUT2D eigenvalue weighted by Crippen LogP contribution is -2.16. The van der Waals surface area contributed by atoms with Crippen LogP contribution in [0.1, 0.15) is 25.5 Å². The number of halogens is 2. The minimum Gasteiger partial charge on any atom is -0.324 e. The average Bonchev–Trinajstić information content (AvgIpc) is 2.01. The molecule has 0 unspecified atom stereocenters. The first-order valence-corrected chi connectivity index (χ1v) is 5.01. The molecule has 72 valence electrons. The summed E-state index contributed by atoms with van der Waals surface area (Å²) < 4.78 is 13.7. The van der Waals surface area contributed by atoms with Gasteiger partial charge in [-0.15, -0.1) is 0 Å². The first-order valence-electron chi connectivity index (χ1n) is 4.22. The van der Waals surface area contributed by atoms with Crippen LogP contribution >= 0.6 is 15.9 Å². The minimum atomic E-state index is -0.250. The summed E-state index contributed by atoms with van der Waals surface area (Å²) in [6.07, 6.45) is 0. The van der Waals surface area contributed by atoms with Gasteiger partial charge in [0, 0.05) is 10.5 Å². The molecule has 0 fully saturated rings. The van der Waals surface area contributed by atoms with E-state index in [1.807, 2.05) is 19.9 Å². The van der Waals surface area contributed by atoms with Gasteiger partial charge in [0.25, 0.3) is 0 Å². The van der Waals surface area contributed by atoms with E-state index >= 15 is 0 Å². The Balaban J connectivity index is 3.01. The smallest absolute Gasteiger partial charge is 0.124 e. The van der Waals surface area contributed by atoms with Crippen molar-refractivity contribution >= 4 is 15.9 Å². The van der Waals surface area contributed by atoms with E-state index in [1.165, 1.54) is 12.1 Å². The summed E-state index contributed by atoms with van der Waals surface area (Å²) in [5.74, 6) is 0.0641. The van der Waals surface area contributed by atoms with Crippen LogP contribution in [0.5, 0.6) is 0 Å². The topological polar surface area (TPSA) is 26.0 Å². The van der Waals surface area contributed by atoms with Crippen molar-refractivity contribution in [2.24, 2.45) is 11.7 Å². The molecule has 0 amide bonds. The van der Waals surface area contributed by atoms with Crippen molar-refractivity contribution in [3.05, 3.63) is 34.1 Å². The molecule has 1 atom stereocenters. The molecule has 0 radical (unpaired) electrons. The Hall–Kier alpha value is -0.410. The van der Waals surface area contributed by atoms with Gasteiger partial charge in [0.05, 0.1) is 0 Å². The molecule has 0 aromatic heterocycles. The van der Waals surface area contributed by atoms with Crippen molar-refractivity contribution in [3.8, 4) is 0 Å². The molecule has 0 aliphatic heterocycles. The lowest BCUT2D eigenvalue weighted by molar-refractivity contribution is 0.509. The van der Waals surface area contributed by atoms with Crippen LogP contribution in [0.25, 0.3) is 0 Å². The van der Waals surface area contributed by atoms with Crippen molar-refractivity contribution in [2.75, 3.05) is 0 Å². The van der Waals surface area contributed by atoms with Crippen LogP contribution in [0, 0.1) is 11.7 Å². The summed E-state index contributed by atoms with van der Waals surface area (Å²) in [5, 5.41) is 0. The van der Waals surface area contributed by atoms with E-state index in [9.17, 15) is 4.39 Å². The Morgan fingerprint density at radius 1 is 1.31 bits per heavy atom. The Morgan fingerprint density at radius 3 is 2.38 bits per heavy atom. The molecule has 3 heteroatoms. The Labute approximate surface area is 86.3 Å². The number of rotatable bonds is 2. The highest BCUT2D eigenvalue weighted by atomic mass is 79.9. The predicted octanol–water partition coefficient (Wildman–Crippen LogP) is 3.24. The maximum atomic E-state index is 13.0. The quantitative estimate of drug-likeness (QED) is 0.851. The lowest BCUT2D eigenvalue weighted by Gasteiger charge is -2.16. The van der Waals surface area contributed by atoms with Crippen LogP contribution in [-0.2, 0) is 0 Å². The minimum absolute atomic E-state index is 0.105. The van der Waals surface area contributed by atoms with Gasteiger partial charge >= 0.3 is 0 Å². The van der Waals surface area contributed by atoms with Gasteiger partial charge in [-0.05, 0) is 29.7 Å². The second-order valence-electron chi connectivity index (χ2n) is 3.47. The molecule has 0 aliphatic carbocycles. The van der Waals surface area contributed by atoms with Gasteiger partial charge in [-0.2, -0.15) is 0 Å². The summed E-state index contributed by atoms with van der Waals surface area (Å²) >= 11 is 3.23. The average molecular weight is 246 g/mol. The first kappa shape index (κ1) is 10.7. The van der Waals surface area contributed by atoms with Crippen LogP contribution < -0.4 is 5.73 Å². The van der Waals surface area contributed by atoms with Crippen LogP contribution in [0.4, 0.5) is 4.39 Å². The maximum Gasteiger partial charge on any atom is 0.124 e. The zero-order valence-corrected chi connectivity index (χ0v) is 9.31. The van der Waals surface area contributed by atoms with Crippen molar-refractivity contribution in [2.45, 2.75) is 19.9 Å². The molecule has 1 rings (SSSR count). The van der Waals surface area contributed by atoms with E-state index in [4.69, 9.17) is 5.73 Å². The molecule has 1 nitrogen and oxygen atoms in total. The van der Waals surface area contributed by atoms with E-state index in [1.54, 1.807) is 0 Å². The summed E-state index contributed by atoms with van der Waals surface area (Å²) in [7, 11) is 0. The second-order valence-corrected chi connectivity index (χ2v) is 4.39.